The van der Waals surface area contributed by atoms with Crippen molar-refractivity contribution in [3.05, 3.63) is 69.0 Å². The van der Waals surface area contributed by atoms with Gasteiger partial charge in [0.15, 0.2) is 0 Å². The van der Waals surface area contributed by atoms with Gasteiger partial charge in [-0.25, -0.2) is 4.39 Å². The summed E-state index contributed by atoms with van der Waals surface area (Å²) in [6, 6.07) is 6.37. The molecule has 27 heavy (non-hydrogen) atoms. The number of alkyl halides is 3. The summed E-state index contributed by atoms with van der Waals surface area (Å²) in [6.07, 6.45) is -4.97. The van der Waals surface area contributed by atoms with Gasteiger partial charge in [-0.2, -0.15) is 13.2 Å². The fourth-order valence-electron chi connectivity index (χ4n) is 2.38. The molecule has 1 amide bonds. The molecule has 0 fully saturated rings. The van der Waals surface area contributed by atoms with Crippen LogP contribution in [-0.2, 0) is 11.6 Å². The monoisotopic (exact) mass is 384 g/mol. The molecule has 0 aliphatic carbocycles. The van der Waals surface area contributed by atoms with Gasteiger partial charge in [-0.3, -0.25) is 14.9 Å². The van der Waals surface area contributed by atoms with Gasteiger partial charge in [0.1, 0.15) is 11.5 Å². The van der Waals surface area contributed by atoms with E-state index in [1.165, 1.54) is 12.1 Å². The van der Waals surface area contributed by atoms with Crippen LogP contribution >= 0.6 is 0 Å². The number of nitro groups is 1. The Morgan fingerprint density at radius 2 is 1.70 bits per heavy atom. The van der Waals surface area contributed by atoms with Crippen molar-refractivity contribution in [3.63, 3.8) is 0 Å². The maximum atomic E-state index is 13.7. The van der Waals surface area contributed by atoms with Crippen LogP contribution in [0, 0.1) is 15.9 Å². The second kappa shape index (κ2) is 6.98. The second-order valence-corrected chi connectivity index (χ2v) is 6.86. The molecule has 144 valence electrons. The van der Waals surface area contributed by atoms with Crippen molar-refractivity contribution in [3.8, 4) is 0 Å². The van der Waals surface area contributed by atoms with E-state index in [0.717, 1.165) is 24.3 Å². The van der Waals surface area contributed by atoms with Gasteiger partial charge in [0.25, 0.3) is 11.6 Å². The largest absolute Gasteiger partial charge is 0.418 e. The van der Waals surface area contributed by atoms with Crippen LogP contribution in [-0.4, -0.2) is 10.8 Å². The molecule has 0 radical (unpaired) electrons. The molecule has 2 aromatic carbocycles. The molecule has 9 heteroatoms. The number of rotatable bonds is 3. The molecular weight excluding hydrogens is 368 g/mol. The number of nitrogens with zero attached hydrogens (tertiary/aromatic N) is 1. The molecule has 0 atom stereocenters. The Balaban J connectivity index is 2.68. The summed E-state index contributed by atoms with van der Waals surface area (Å²) in [4.78, 5) is 22.6. The van der Waals surface area contributed by atoms with Gasteiger partial charge in [-0.15, -0.1) is 0 Å². The fourth-order valence-corrected chi connectivity index (χ4v) is 2.38. The summed E-state index contributed by atoms with van der Waals surface area (Å²) >= 11 is 0. The maximum absolute atomic E-state index is 13.7. The number of halogens is 4. The Morgan fingerprint density at radius 3 is 2.19 bits per heavy atom. The normalized spacial score (nSPS) is 12.0. The summed E-state index contributed by atoms with van der Waals surface area (Å²) in [6.45, 7) is 4.80. The number of hydrogen-bond donors (Lipinski definition) is 1. The van der Waals surface area contributed by atoms with Crippen molar-refractivity contribution in [2.75, 3.05) is 5.32 Å². The third-order valence-corrected chi connectivity index (χ3v) is 3.84. The minimum absolute atomic E-state index is 0.0745. The molecule has 2 aromatic rings. The van der Waals surface area contributed by atoms with Crippen LogP contribution in [0.5, 0.6) is 0 Å². The zero-order valence-corrected chi connectivity index (χ0v) is 14.6. The van der Waals surface area contributed by atoms with Crippen LogP contribution < -0.4 is 5.32 Å². The van der Waals surface area contributed by atoms with Gasteiger partial charge in [0.2, 0.25) is 0 Å². The Hall–Kier alpha value is -2.97. The summed E-state index contributed by atoms with van der Waals surface area (Å²) in [5.41, 5.74) is -4.57. The first-order valence-electron chi connectivity index (χ1n) is 7.78. The minimum atomic E-state index is -4.97. The summed E-state index contributed by atoms with van der Waals surface area (Å²) in [5.74, 6) is -2.18. The van der Waals surface area contributed by atoms with Gasteiger partial charge in [-0.1, -0.05) is 32.9 Å². The molecule has 0 heterocycles. The molecule has 2 rings (SSSR count). The third-order valence-electron chi connectivity index (χ3n) is 3.84. The summed E-state index contributed by atoms with van der Waals surface area (Å²) < 4.78 is 54.4. The average Bonchev–Trinajstić information content (AvgIpc) is 2.52. The SMILES string of the molecule is CC(C)(C)c1cc([N+](=O)[O-])c(NC(=O)c2ccccc2F)c(C(F)(F)F)c1. The molecule has 0 spiro atoms. The fraction of sp³-hybridized carbons (Fsp3) is 0.278. The van der Waals surface area contributed by atoms with E-state index in [0.29, 0.717) is 0 Å². The van der Waals surface area contributed by atoms with E-state index in [9.17, 15) is 32.5 Å². The number of carbonyl (C=O) groups is 1. The molecule has 0 unspecified atom stereocenters. The van der Waals surface area contributed by atoms with Crippen LogP contribution in [0.2, 0.25) is 0 Å². The predicted octanol–water partition coefficient (Wildman–Crippen LogP) is 5.30. The number of carbonyl (C=O) groups excluding carboxylic acids is 1. The molecule has 5 nitrogen and oxygen atoms in total. The quantitative estimate of drug-likeness (QED) is 0.443. The van der Waals surface area contributed by atoms with Crippen molar-refractivity contribution in [2.24, 2.45) is 0 Å². The molecule has 1 N–H and O–H groups in total. The van der Waals surface area contributed by atoms with E-state index >= 15 is 0 Å². The molecular formula is C18H16F4N2O3. The lowest BCUT2D eigenvalue weighted by atomic mass is 9.85. The highest BCUT2D eigenvalue weighted by Gasteiger charge is 2.39. The third kappa shape index (κ3) is 4.42. The summed E-state index contributed by atoms with van der Waals surface area (Å²) in [5, 5.41) is 13.2. The minimum Gasteiger partial charge on any atom is -0.316 e. The van der Waals surface area contributed by atoms with Gasteiger partial charge in [0, 0.05) is 6.07 Å². The smallest absolute Gasteiger partial charge is 0.316 e. The second-order valence-electron chi connectivity index (χ2n) is 6.86. The van der Waals surface area contributed by atoms with E-state index in [1.54, 1.807) is 20.8 Å². The van der Waals surface area contributed by atoms with Crippen molar-refractivity contribution < 1.29 is 27.3 Å². The van der Waals surface area contributed by atoms with Gasteiger partial charge < -0.3 is 5.32 Å². The number of nitro benzene ring substituents is 1. The van der Waals surface area contributed by atoms with Crippen molar-refractivity contribution in [1.82, 2.24) is 0 Å². The zero-order valence-electron chi connectivity index (χ0n) is 14.6. The Kier molecular flexibility index (Phi) is 5.26. The molecule has 0 aliphatic heterocycles. The van der Waals surface area contributed by atoms with Crippen molar-refractivity contribution in [1.29, 1.82) is 0 Å². The average molecular weight is 384 g/mol. The molecule has 0 saturated heterocycles. The first-order valence-corrected chi connectivity index (χ1v) is 7.78. The molecule has 0 bridgehead atoms. The van der Waals surface area contributed by atoms with Crippen LogP contribution in [0.4, 0.5) is 28.9 Å². The Bertz CT molecular complexity index is 902. The topological polar surface area (TPSA) is 72.2 Å². The van der Waals surface area contributed by atoms with E-state index < -0.39 is 50.7 Å². The molecule has 0 aromatic heterocycles. The lowest BCUT2D eigenvalue weighted by Gasteiger charge is -2.22. The van der Waals surface area contributed by atoms with Crippen LogP contribution in [0.25, 0.3) is 0 Å². The standard InChI is InChI=1S/C18H16F4N2O3/c1-17(2,3)10-8-12(18(20,21)22)15(14(9-10)24(26)27)23-16(25)11-6-4-5-7-13(11)19/h4-9H,1-3H3,(H,23,25). The summed E-state index contributed by atoms with van der Waals surface area (Å²) in [7, 11) is 0. The number of amides is 1. The highest BCUT2D eigenvalue weighted by Crippen LogP contribution is 2.43. The van der Waals surface area contributed by atoms with Crippen molar-refractivity contribution in [2.45, 2.75) is 32.4 Å². The van der Waals surface area contributed by atoms with Gasteiger partial charge in [0.05, 0.1) is 16.1 Å². The van der Waals surface area contributed by atoms with Gasteiger partial charge in [-0.05, 0) is 29.2 Å². The number of anilines is 1. The molecule has 0 saturated carbocycles. The van der Waals surface area contributed by atoms with E-state index in [2.05, 4.69) is 0 Å². The van der Waals surface area contributed by atoms with E-state index in [1.807, 2.05) is 5.32 Å². The van der Waals surface area contributed by atoms with Crippen molar-refractivity contribution >= 4 is 17.3 Å². The van der Waals surface area contributed by atoms with E-state index in [4.69, 9.17) is 0 Å². The first kappa shape index (κ1) is 20.3. The van der Waals surface area contributed by atoms with E-state index in [-0.39, 0.29) is 5.56 Å². The molecule has 0 aliphatic rings. The predicted molar refractivity (Wildman–Crippen MR) is 91.2 cm³/mol. The van der Waals surface area contributed by atoms with Crippen LogP contribution in [0.3, 0.4) is 0 Å². The Labute approximate surface area is 152 Å². The number of hydrogen-bond acceptors (Lipinski definition) is 3. The highest BCUT2D eigenvalue weighted by atomic mass is 19.4. The van der Waals surface area contributed by atoms with Crippen LogP contribution in [0.15, 0.2) is 36.4 Å². The lowest BCUT2D eigenvalue weighted by Crippen LogP contribution is -2.21. The van der Waals surface area contributed by atoms with Gasteiger partial charge >= 0.3 is 6.18 Å². The Morgan fingerprint density at radius 1 is 1.11 bits per heavy atom. The maximum Gasteiger partial charge on any atom is 0.418 e. The number of nitrogens with one attached hydrogen (secondary N) is 1. The zero-order chi connectivity index (χ0) is 20.6. The first-order chi connectivity index (χ1) is 12.3. The highest BCUT2D eigenvalue weighted by molar-refractivity contribution is 6.06. The van der Waals surface area contributed by atoms with Crippen LogP contribution in [0.1, 0.15) is 42.3 Å². The number of benzene rings is 2. The lowest BCUT2D eigenvalue weighted by molar-refractivity contribution is -0.384.